The van der Waals surface area contributed by atoms with Gasteiger partial charge in [0.2, 0.25) is 0 Å². The summed E-state index contributed by atoms with van der Waals surface area (Å²) in [6.07, 6.45) is 54.3. The van der Waals surface area contributed by atoms with E-state index in [4.69, 9.17) is 14.2 Å². The van der Waals surface area contributed by atoms with E-state index in [1.807, 2.05) is 0 Å². The molecule has 0 aliphatic carbocycles. The highest BCUT2D eigenvalue weighted by molar-refractivity contribution is 5.70. The highest BCUT2D eigenvalue weighted by atomic mass is 16.6. The average molecular weight is 757 g/mol. The van der Waals surface area contributed by atoms with E-state index in [1.54, 1.807) is 0 Å². The second-order valence-corrected chi connectivity index (χ2v) is 15.3. The van der Waals surface area contributed by atoms with Gasteiger partial charge in [0, 0.05) is 19.4 Å². The summed E-state index contributed by atoms with van der Waals surface area (Å²) in [5, 5.41) is 0. The molecule has 314 valence electrons. The zero-order valence-corrected chi connectivity index (χ0v) is 36.0. The molecule has 0 fully saturated rings. The number of unbranched alkanes of at least 4 members (excludes halogenated alkanes) is 23. The van der Waals surface area contributed by atoms with Gasteiger partial charge in [-0.2, -0.15) is 0 Å². The molecular formula is C49H88O5. The van der Waals surface area contributed by atoms with Crippen molar-refractivity contribution in [2.45, 2.75) is 232 Å². The lowest BCUT2D eigenvalue weighted by Gasteiger charge is -2.18. The van der Waals surface area contributed by atoms with Crippen LogP contribution < -0.4 is 0 Å². The Balaban J connectivity index is 4.03. The number of rotatable bonds is 42. The third kappa shape index (κ3) is 42.6. The van der Waals surface area contributed by atoms with Gasteiger partial charge in [0.15, 0.2) is 6.10 Å². The topological polar surface area (TPSA) is 61.8 Å². The molecule has 0 aromatic heterocycles. The molecule has 0 aromatic rings. The van der Waals surface area contributed by atoms with E-state index in [-0.39, 0.29) is 25.2 Å². The van der Waals surface area contributed by atoms with Crippen LogP contribution in [0.3, 0.4) is 0 Å². The monoisotopic (exact) mass is 757 g/mol. The molecule has 5 nitrogen and oxygen atoms in total. The molecule has 0 spiro atoms. The SMILES string of the molecule is CCC/C=C\C/C=C\CCCCCCCC(=O)OCC(COCCCCCCCCCCCC/C=C\C/C=C\CCCCC)OC(=O)CCCCCCC. The van der Waals surface area contributed by atoms with E-state index in [9.17, 15) is 9.59 Å². The van der Waals surface area contributed by atoms with E-state index in [0.717, 1.165) is 70.6 Å². The van der Waals surface area contributed by atoms with Gasteiger partial charge >= 0.3 is 11.9 Å². The van der Waals surface area contributed by atoms with Crippen molar-refractivity contribution < 1.29 is 23.8 Å². The van der Waals surface area contributed by atoms with E-state index in [2.05, 4.69) is 69.4 Å². The molecule has 5 heteroatoms. The normalized spacial score (nSPS) is 12.6. The van der Waals surface area contributed by atoms with Crippen LogP contribution in [0.5, 0.6) is 0 Å². The van der Waals surface area contributed by atoms with Crippen LogP contribution >= 0.6 is 0 Å². The molecule has 0 saturated carbocycles. The van der Waals surface area contributed by atoms with Crippen molar-refractivity contribution in [1.82, 2.24) is 0 Å². The molecule has 0 N–H and O–H groups in total. The third-order valence-corrected chi connectivity index (χ3v) is 9.82. The molecule has 0 aromatic carbocycles. The second kappa shape index (κ2) is 45.3. The number of hydrogen-bond donors (Lipinski definition) is 0. The van der Waals surface area contributed by atoms with Crippen LogP contribution in [0.4, 0.5) is 0 Å². The first-order chi connectivity index (χ1) is 26.6. The Hall–Kier alpha value is -2.14. The molecular weight excluding hydrogens is 669 g/mol. The first kappa shape index (κ1) is 51.9. The van der Waals surface area contributed by atoms with Crippen molar-refractivity contribution in [2.24, 2.45) is 0 Å². The van der Waals surface area contributed by atoms with Gasteiger partial charge in [0.25, 0.3) is 0 Å². The maximum Gasteiger partial charge on any atom is 0.306 e. The highest BCUT2D eigenvalue weighted by Gasteiger charge is 2.17. The van der Waals surface area contributed by atoms with Gasteiger partial charge in [0.05, 0.1) is 6.61 Å². The molecule has 0 heterocycles. The van der Waals surface area contributed by atoms with Gasteiger partial charge in [-0.3, -0.25) is 9.59 Å². The number of esters is 2. The van der Waals surface area contributed by atoms with Gasteiger partial charge in [-0.25, -0.2) is 0 Å². The highest BCUT2D eigenvalue weighted by Crippen LogP contribution is 2.13. The predicted octanol–water partition coefficient (Wildman–Crippen LogP) is 15.2. The summed E-state index contributed by atoms with van der Waals surface area (Å²) in [6.45, 7) is 7.65. The Bertz CT molecular complexity index is 904. The number of ether oxygens (including phenoxy) is 3. The summed E-state index contributed by atoms with van der Waals surface area (Å²) in [4.78, 5) is 25.0. The fourth-order valence-electron chi connectivity index (χ4n) is 6.34. The fourth-order valence-corrected chi connectivity index (χ4v) is 6.34. The van der Waals surface area contributed by atoms with Crippen LogP contribution in [0.25, 0.3) is 0 Å². The molecule has 0 amide bonds. The van der Waals surface area contributed by atoms with Crippen molar-refractivity contribution in [3.05, 3.63) is 48.6 Å². The number of allylic oxidation sites excluding steroid dienone is 8. The van der Waals surface area contributed by atoms with Crippen LogP contribution in [0.1, 0.15) is 226 Å². The van der Waals surface area contributed by atoms with Gasteiger partial charge in [-0.1, -0.05) is 185 Å². The summed E-state index contributed by atoms with van der Waals surface area (Å²) >= 11 is 0. The summed E-state index contributed by atoms with van der Waals surface area (Å²) in [6, 6.07) is 0. The lowest BCUT2D eigenvalue weighted by molar-refractivity contribution is -0.163. The Labute approximate surface area is 335 Å². The molecule has 0 bridgehead atoms. The molecule has 0 aliphatic heterocycles. The van der Waals surface area contributed by atoms with Crippen molar-refractivity contribution in [3.8, 4) is 0 Å². The van der Waals surface area contributed by atoms with Crippen LogP contribution in [0, 0.1) is 0 Å². The van der Waals surface area contributed by atoms with E-state index in [0.29, 0.717) is 19.4 Å². The van der Waals surface area contributed by atoms with Crippen molar-refractivity contribution in [2.75, 3.05) is 19.8 Å². The van der Waals surface area contributed by atoms with Gasteiger partial charge in [-0.15, -0.1) is 0 Å². The molecule has 54 heavy (non-hydrogen) atoms. The minimum absolute atomic E-state index is 0.0773. The average Bonchev–Trinajstić information content (AvgIpc) is 3.17. The van der Waals surface area contributed by atoms with E-state index >= 15 is 0 Å². The minimum atomic E-state index is -0.537. The lowest BCUT2D eigenvalue weighted by atomic mass is 10.1. The summed E-state index contributed by atoms with van der Waals surface area (Å²) in [5.74, 6) is -0.425. The van der Waals surface area contributed by atoms with Gasteiger partial charge in [0.1, 0.15) is 6.61 Å². The zero-order valence-electron chi connectivity index (χ0n) is 36.0. The Morgan fingerprint density at radius 2 is 0.815 bits per heavy atom. The molecule has 0 rings (SSSR count). The maximum atomic E-state index is 12.5. The fraction of sp³-hybridized carbons (Fsp3) is 0.796. The molecule has 1 unspecified atom stereocenters. The Kier molecular flexibility index (Phi) is 43.5. The van der Waals surface area contributed by atoms with Crippen LogP contribution in [0.2, 0.25) is 0 Å². The Morgan fingerprint density at radius 1 is 0.407 bits per heavy atom. The summed E-state index contributed by atoms with van der Waals surface area (Å²) in [5.41, 5.74) is 0. The predicted molar refractivity (Wildman–Crippen MR) is 233 cm³/mol. The van der Waals surface area contributed by atoms with E-state index < -0.39 is 6.10 Å². The first-order valence-electron chi connectivity index (χ1n) is 23.2. The lowest BCUT2D eigenvalue weighted by Crippen LogP contribution is -2.30. The Morgan fingerprint density at radius 3 is 1.33 bits per heavy atom. The third-order valence-electron chi connectivity index (χ3n) is 9.82. The summed E-state index contributed by atoms with van der Waals surface area (Å²) in [7, 11) is 0. The second-order valence-electron chi connectivity index (χ2n) is 15.3. The van der Waals surface area contributed by atoms with Crippen LogP contribution in [0.15, 0.2) is 48.6 Å². The summed E-state index contributed by atoms with van der Waals surface area (Å²) < 4.78 is 17.2. The molecule has 0 aliphatic rings. The first-order valence-corrected chi connectivity index (χ1v) is 23.2. The molecule has 0 radical (unpaired) electrons. The number of carbonyl (C=O) groups excluding carboxylic acids is 2. The molecule has 0 saturated heterocycles. The van der Waals surface area contributed by atoms with Gasteiger partial charge < -0.3 is 14.2 Å². The number of hydrogen-bond acceptors (Lipinski definition) is 5. The van der Waals surface area contributed by atoms with E-state index in [1.165, 1.54) is 122 Å². The molecule has 1 atom stereocenters. The quantitative estimate of drug-likeness (QED) is 0.0353. The van der Waals surface area contributed by atoms with Crippen molar-refractivity contribution in [1.29, 1.82) is 0 Å². The smallest absolute Gasteiger partial charge is 0.306 e. The van der Waals surface area contributed by atoms with Crippen LogP contribution in [-0.4, -0.2) is 37.9 Å². The largest absolute Gasteiger partial charge is 0.462 e. The zero-order chi connectivity index (χ0) is 39.3. The standard InChI is InChI=1S/C49H88O5/c1-4-7-10-13-15-17-19-21-22-23-24-25-26-27-29-31-33-35-38-41-44-52-45-47(54-49(51)43-40-36-12-9-6-3)46-53-48(50)42-39-37-34-32-30-28-20-18-16-14-11-8-5-2/h11,14-15,17-18,20-22,47H,4-10,12-13,16,19,23-46H2,1-3H3/b14-11-,17-15-,20-18-,22-21-. The van der Waals surface area contributed by atoms with Crippen LogP contribution in [-0.2, 0) is 23.8 Å². The maximum absolute atomic E-state index is 12.5. The van der Waals surface area contributed by atoms with Crippen molar-refractivity contribution >= 4 is 11.9 Å². The van der Waals surface area contributed by atoms with Crippen molar-refractivity contribution in [3.63, 3.8) is 0 Å². The minimum Gasteiger partial charge on any atom is -0.462 e. The number of carbonyl (C=O) groups is 2. The van der Waals surface area contributed by atoms with Gasteiger partial charge in [-0.05, 0) is 77.0 Å².